The maximum Gasteiger partial charge on any atom is 0.416 e. The van der Waals surface area contributed by atoms with Gasteiger partial charge in [-0.3, -0.25) is 14.2 Å². The molecular formula is C17H13F3N4O2. The Hall–Kier alpha value is -3.23. The van der Waals surface area contributed by atoms with E-state index >= 15 is 0 Å². The first-order valence-electron chi connectivity index (χ1n) is 7.55. The van der Waals surface area contributed by atoms with Crippen LogP contribution < -0.4 is 10.9 Å². The Morgan fingerprint density at radius 1 is 1.19 bits per heavy atom. The van der Waals surface area contributed by atoms with Crippen LogP contribution in [-0.4, -0.2) is 20.4 Å². The van der Waals surface area contributed by atoms with Crippen molar-refractivity contribution in [3.8, 4) is 0 Å². The molecule has 2 aromatic heterocycles. The molecule has 9 heteroatoms. The quantitative estimate of drug-likeness (QED) is 0.777. The second-order valence-electron chi connectivity index (χ2n) is 5.56. The predicted octanol–water partition coefficient (Wildman–Crippen LogP) is 2.76. The number of carbonyl (C=O) groups is 1. The molecule has 0 bridgehead atoms. The Labute approximate surface area is 145 Å². The Morgan fingerprint density at radius 3 is 2.54 bits per heavy atom. The number of pyridine rings is 1. The van der Waals surface area contributed by atoms with E-state index in [-0.39, 0.29) is 23.6 Å². The van der Waals surface area contributed by atoms with Crippen molar-refractivity contribution >= 4 is 22.8 Å². The molecule has 1 aromatic carbocycles. The molecule has 1 N–H and O–H groups in total. The van der Waals surface area contributed by atoms with Gasteiger partial charge in [0.25, 0.3) is 5.56 Å². The molecule has 0 radical (unpaired) electrons. The standard InChI is InChI=1S/C17H13F3N4O2/c1-10-16(26)24(15-13(22-10)3-2-8-21-15)9-14(25)23-12-6-4-11(5-7-12)17(18,19)20/h2-8H,9H2,1H3,(H,23,25). The first-order valence-corrected chi connectivity index (χ1v) is 7.55. The zero-order valence-electron chi connectivity index (χ0n) is 13.5. The fraction of sp³-hybridized carbons (Fsp3) is 0.176. The number of benzene rings is 1. The van der Waals surface area contributed by atoms with Gasteiger partial charge in [0.1, 0.15) is 17.8 Å². The third-order valence-electron chi connectivity index (χ3n) is 3.66. The summed E-state index contributed by atoms with van der Waals surface area (Å²) in [6, 6.07) is 7.37. The molecule has 0 fully saturated rings. The van der Waals surface area contributed by atoms with Crippen LogP contribution in [0.15, 0.2) is 47.4 Å². The van der Waals surface area contributed by atoms with Crippen LogP contribution in [0, 0.1) is 6.92 Å². The highest BCUT2D eigenvalue weighted by Crippen LogP contribution is 2.29. The number of fused-ring (bicyclic) bond motifs is 1. The number of carbonyl (C=O) groups excluding carboxylic acids is 1. The molecule has 26 heavy (non-hydrogen) atoms. The van der Waals surface area contributed by atoms with Crippen molar-refractivity contribution in [2.75, 3.05) is 5.32 Å². The summed E-state index contributed by atoms with van der Waals surface area (Å²) < 4.78 is 38.9. The molecule has 0 saturated heterocycles. The maximum atomic E-state index is 12.6. The first kappa shape index (κ1) is 17.6. The van der Waals surface area contributed by atoms with Crippen LogP contribution in [0.4, 0.5) is 18.9 Å². The van der Waals surface area contributed by atoms with E-state index in [1.54, 1.807) is 12.1 Å². The number of nitrogens with zero attached hydrogens (tertiary/aromatic N) is 3. The highest BCUT2D eigenvalue weighted by atomic mass is 19.4. The van der Waals surface area contributed by atoms with E-state index in [1.165, 1.54) is 17.7 Å². The molecule has 3 aromatic rings. The smallest absolute Gasteiger partial charge is 0.325 e. The lowest BCUT2D eigenvalue weighted by Crippen LogP contribution is -2.30. The minimum Gasteiger partial charge on any atom is -0.325 e. The van der Waals surface area contributed by atoms with Crippen LogP contribution in [0.5, 0.6) is 0 Å². The highest BCUT2D eigenvalue weighted by molar-refractivity contribution is 5.91. The molecule has 0 saturated carbocycles. The number of alkyl halides is 3. The molecule has 0 aliphatic carbocycles. The SMILES string of the molecule is Cc1nc2cccnc2n(CC(=O)Nc2ccc(C(F)(F)F)cc2)c1=O. The van der Waals surface area contributed by atoms with Crippen molar-refractivity contribution in [2.45, 2.75) is 19.6 Å². The van der Waals surface area contributed by atoms with Crippen molar-refractivity contribution in [2.24, 2.45) is 0 Å². The number of amides is 1. The van der Waals surface area contributed by atoms with Crippen LogP contribution in [0.2, 0.25) is 0 Å². The van der Waals surface area contributed by atoms with Crippen LogP contribution in [0.25, 0.3) is 11.2 Å². The predicted molar refractivity (Wildman–Crippen MR) is 88.6 cm³/mol. The minimum atomic E-state index is -4.45. The molecule has 6 nitrogen and oxygen atoms in total. The van der Waals surface area contributed by atoms with Gasteiger partial charge in [0.15, 0.2) is 5.65 Å². The third kappa shape index (κ3) is 3.56. The van der Waals surface area contributed by atoms with Gasteiger partial charge in [-0.1, -0.05) is 0 Å². The number of hydrogen-bond donors (Lipinski definition) is 1. The zero-order chi connectivity index (χ0) is 18.9. The van der Waals surface area contributed by atoms with Crippen molar-refractivity contribution in [1.82, 2.24) is 14.5 Å². The van der Waals surface area contributed by atoms with Gasteiger partial charge >= 0.3 is 6.18 Å². The van der Waals surface area contributed by atoms with Gasteiger partial charge < -0.3 is 5.32 Å². The molecule has 0 aliphatic rings. The van der Waals surface area contributed by atoms with Gasteiger partial charge in [-0.2, -0.15) is 13.2 Å². The highest BCUT2D eigenvalue weighted by Gasteiger charge is 2.30. The van der Waals surface area contributed by atoms with Crippen LogP contribution in [0.1, 0.15) is 11.3 Å². The third-order valence-corrected chi connectivity index (χ3v) is 3.66. The van der Waals surface area contributed by atoms with E-state index in [0.717, 1.165) is 24.3 Å². The Balaban J connectivity index is 1.84. The molecule has 1 amide bonds. The molecule has 134 valence electrons. The van der Waals surface area contributed by atoms with Crippen molar-refractivity contribution in [3.63, 3.8) is 0 Å². The lowest BCUT2D eigenvalue weighted by Gasteiger charge is -2.11. The monoisotopic (exact) mass is 362 g/mol. The molecule has 0 spiro atoms. The van der Waals surface area contributed by atoms with Crippen molar-refractivity contribution in [1.29, 1.82) is 0 Å². The summed E-state index contributed by atoms with van der Waals surface area (Å²) in [4.78, 5) is 32.7. The molecule has 0 unspecified atom stereocenters. The average molecular weight is 362 g/mol. The van der Waals surface area contributed by atoms with Crippen LogP contribution >= 0.6 is 0 Å². The summed E-state index contributed by atoms with van der Waals surface area (Å²) in [5, 5.41) is 2.47. The normalized spacial score (nSPS) is 11.5. The number of hydrogen-bond acceptors (Lipinski definition) is 4. The van der Waals surface area contributed by atoms with Gasteiger partial charge in [-0.05, 0) is 43.3 Å². The largest absolute Gasteiger partial charge is 0.416 e. The Bertz CT molecular complexity index is 1030. The Morgan fingerprint density at radius 2 is 1.88 bits per heavy atom. The molecule has 3 rings (SSSR count). The molecule has 0 atom stereocenters. The zero-order valence-corrected chi connectivity index (χ0v) is 13.5. The topological polar surface area (TPSA) is 76.9 Å². The van der Waals surface area contributed by atoms with Gasteiger partial charge in [-0.25, -0.2) is 9.97 Å². The summed E-state index contributed by atoms with van der Waals surface area (Å²) in [7, 11) is 0. The van der Waals surface area contributed by atoms with Gasteiger partial charge in [0, 0.05) is 11.9 Å². The summed E-state index contributed by atoms with van der Waals surface area (Å²) in [6.45, 7) is 1.19. The number of anilines is 1. The number of aryl methyl sites for hydroxylation is 1. The van der Waals surface area contributed by atoms with Crippen molar-refractivity contribution in [3.05, 3.63) is 64.2 Å². The van der Waals surface area contributed by atoms with Gasteiger partial charge in [-0.15, -0.1) is 0 Å². The molecule has 0 aliphatic heterocycles. The Kier molecular flexibility index (Phi) is 4.45. The summed E-state index contributed by atoms with van der Waals surface area (Å²) in [6.07, 6.45) is -2.97. The van der Waals surface area contributed by atoms with Crippen LogP contribution in [0.3, 0.4) is 0 Å². The summed E-state index contributed by atoms with van der Waals surface area (Å²) in [5.41, 5.74) is -0.144. The average Bonchev–Trinajstić information content (AvgIpc) is 2.58. The first-order chi connectivity index (χ1) is 12.3. The molecular weight excluding hydrogens is 349 g/mol. The number of aromatic nitrogens is 3. The lowest BCUT2D eigenvalue weighted by molar-refractivity contribution is -0.137. The lowest BCUT2D eigenvalue weighted by atomic mass is 10.2. The van der Waals surface area contributed by atoms with E-state index in [2.05, 4.69) is 15.3 Å². The summed E-state index contributed by atoms with van der Waals surface area (Å²) >= 11 is 0. The van der Waals surface area contributed by atoms with E-state index < -0.39 is 23.2 Å². The van der Waals surface area contributed by atoms with Gasteiger partial charge in [0.2, 0.25) is 5.91 Å². The number of halogens is 3. The van der Waals surface area contributed by atoms with Crippen LogP contribution in [-0.2, 0) is 17.5 Å². The number of nitrogens with one attached hydrogen (secondary N) is 1. The van der Waals surface area contributed by atoms with Crippen molar-refractivity contribution < 1.29 is 18.0 Å². The minimum absolute atomic E-state index is 0.194. The van der Waals surface area contributed by atoms with Gasteiger partial charge in [0.05, 0.1) is 5.56 Å². The number of rotatable bonds is 3. The van der Waals surface area contributed by atoms with E-state index in [9.17, 15) is 22.8 Å². The summed E-state index contributed by atoms with van der Waals surface area (Å²) in [5.74, 6) is -0.565. The molecule has 2 heterocycles. The second kappa shape index (κ2) is 6.58. The van der Waals surface area contributed by atoms with E-state index in [0.29, 0.717) is 5.52 Å². The fourth-order valence-corrected chi connectivity index (χ4v) is 2.44. The van der Waals surface area contributed by atoms with E-state index in [4.69, 9.17) is 0 Å². The van der Waals surface area contributed by atoms with E-state index in [1.807, 2.05) is 0 Å². The fourth-order valence-electron chi connectivity index (χ4n) is 2.44. The second-order valence-corrected chi connectivity index (χ2v) is 5.56. The maximum absolute atomic E-state index is 12.6.